The van der Waals surface area contributed by atoms with Gasteiger partial charge in [0.15, 0.2) is 17.4 Å². The van der Waals surface area contributed by atoms with Crippen molar-refractivity contribution in [2.45, 2.75) is 115 Å². The Bertz CT molecular complexity index is 3560. The van der Waals surface area contributed by atoms with E-state index in [1.54, 1.807) is 17.5 Å². The molecule has 4 unspecified atom stereocenters. The van der Waals surface area contributed by atoms with Gasteiger partial charge in [0.2, 0.25) is 11.8 Å². The average Bonchev–Trinajstić information content (AvgIpc) is 4.31. The SMILES string of the molecule is C#Cc1c(F)ccc2cc(O)cc(-c3ncc4c(N5CC6CCC(C5)N6)nc(OCCN5CCC(CC6CCN(c7cc(C(C(=O)N8C[C@H](O)C[C@H]8C(=O)NC(C)c8ccc(-c9scnc9C)cc8)C(C)C)on7)CC6)CC5)nc4c3F)c12. The fourth-order valence-electron chi connectivity index (χ4n) is 13.5. The smallest absolute Gasteiger partial charge is 0.319 e. The topological polar surface area (TPSA) is 198 Å². The van der Waals surface area contributed by atoms with Crippen molar-refractivity contribution in [3.05, 3.63) is 101 Å². The van der Waals surface area contributed by atoms with Crippen molar-refractivity contribution >= 4 is 56.5 Å². The molecular formula is C63H71F2N11O6S. The molecule has 0 saturated carbocycles. The maximum absolute atomic E-state index is 17.1. The lowest BCUT2D eigenvalue weighted by Crippen LogP contribution is -2.51. The van der Waals surface area contributed by atoms with Crippen molar-refractivity contribution in [1.82, 2.24) is 45.5 Å². The van der Waals surface area contributed by atoms with Crippen molar-refractivity contribution in [3.63, 3.8) is 0 Å². The number of nitrogens with zero attached hydrogens (tertiary/aromatic N) is 9. The molecule has 20 heteroatoms. The van der Waals surface area contributed by atoms with Crippen molar-refractivity contribution in [2.75, 3.05) is 68.8 Å². The number of halogens is 2. The largest absolute Gasteiger partial charge is 0.508 e. The minimum absolute atomic E-state index is 0.0181. The second kappa shape index (κ2) is 23.7. The summed E-state index contributed by atoms with van der Waals surface area (Å²) in [7, 11) is 0. The normalized spacial score (nSPS) is 21.5. The lowest BCUT2D eigenvalue weighted by Gasteiger charge is -2.36. The van der Waals surface area contributed by atoms with E-state index in [1.165, 1.54) is 29.2 Å². The number of carbonyl (C=O) groups is 2. The molecule has 3 aromatic carbocycles. The van der Waals surface area contributed by atoms with E-state index in [2.05, 4.69) is 51.4 Å². The van der Waals surface area contributed by atoms with Crippen molar-refractivity contribution in [2.24, 2.45) is 17.8 Å². The number of piperidine rings is 2. The van der Waals surface area contributed by atoms with Crippen molar-refractivity contribution in [3.8, 4) is 45.8 Å². The fourth-order valence-corrected chi connectivity index (χ4v) is 14.3. The van der Waals surface area contributed by atoms with Gasteiger partial charge in [0.25, 0.3) is 0 Å². The Morgan fingerprint density at radius 2 is 1.66 bits per heavy atom. The number of aromatic nitrogens is 5. The molecule has 6 atom stereocenters. The number of hydrogen-bond donors (Lipinski definition) is 4. The third-order valence-electron chi connectivity index (χ3n) is 18.0. The Balaban J connectivity index is 0.638. The summed E-state index contributed by atoms with van der Waals surface area (Å²) in [6, 6.07) is 15.0. The molecule has 5 aliphatic rings. The van der Waals surface area contributed by atoms with Gasteiger partial charge >= 0.3 is 6.01 Å². The molecule has 9 heterocycles. The van der Waals surface area contributed by atoms with E-state index in [4.69, 9.17) is 20.7 Å². The number of terminal acetylenes is 1. The van der Waals surface area contributed by atoms with Crippen LogP contribution in [0, 0.1) is 48.7 Å². The standard InChI is InChI=1S/C63H71F2N11O6S/c1-6-47-50(64)14-11-42-26-45(77)27-48(55(42)47)57-56(65)58-49(30-66-57)60(75-31-43-12-13-44(32-75)69-43)71-63(70-58)81-24-23-73-19-15-38(16-20-73)25-39-17-21-74(22-18-39)53-29-52(82-72-53)54(35(2)3)62(80)76-33-46(78)28-51(76)61(79)68-36(4)40-7-9-41(10-8-40)59-37(5)67-34-83-59/h1,7-11,14,26-27,29-30,34-36,38-39,43-44,46,51,54,69,77-78H,12-13,15-25,28,31-33H2,2-5H3,(H,68,79)/t36?,43?,44?,46-,51+,54?/m1/s1. The highest BCUT2D eigenvalue weighted by molar-refractivity contribution is 7.13. The van der Waals surface area contributed by atoms with Gasteiger partial charge in [-0.2, -0.15) is 9.97 Å². The number of phenols is 1. The van der Waals surface area contributed by atoms with Crippen LogP contribution in [0.4, 0.5) is 20.4 Å². The lowest BCUT2D eigenvalue weighted by atomic mass is 9.83. The molecule has 4 N–H and O–H groups in total. The van der Waals surface area contributed by atoms with Crippen LogP contribution in [0.15, 0.2) is 70.8 Å². The minimum atomic E-state index is -0.824. The molecule has 434 valence electrons. The lowest BCUT2D eigenvalue weighted by molar-refractivity contribution is -0.141. The molecule has 0 spiro atoms. The van der Waals surface area contributed by atoms with Crippen LogP contribution in [0.1, 0.15) is 107 Å². The van der Waals surface area contributed by atoms with Crippen LogP contribution in [-0.4, -0.2) is 140 Å². The number of rotatable bonds is 16. The van der Waals surface area contributed by atoms with E-state index < -0.39 is 29.7 Å². The van der Waals surface area contributed by atoms with Gasteiger partial charge in [0, 0.05) is 81.0 Å². The first-order chi connectivity index (χ1) is 40.2. The number of aliphatic hydroxyl groups excluding tert-OH is 1. The summed E-state index contributed by atoms with van der Waals surface area (Å²) in [6.45, 7) is 13.8. The van der Waals surface area contributed by atoms with E-state index in [0.29, 0.717) is 66.2 Å². The van der Waals surface area contributed by atoms with Gasteiger partial charge in [-0.25, -0.2) is 13.8 Å². The maximum atomic E-state index is 17.1. The van der Waals surface area contributed by atoms with Gasteiger partial charge in [-0.05, 0) is 124 Å². The number of β-amino-alcohol motifs (C(OH)–C–C–N with tert-alkyl or cyclic N) is 1. The van der Waals surface area contributed by atoms with Gasteiger partial charge in [0.05, 0.1) is 39.2 Å². The van der Waals surface area contributed by atoms with Gasteiger partial charge in [-0.3, -0.25) is 19.5 Å². The second-order valence-corrected chi connectivity index (χ2v) is 24.7. The zero-order valence-corrected chi connectivity index (χ0v) is 48.2. The number of hydrogen-bond acceptors (Lipinski definition) is 16. The number of fused-ring (bicyclic) bond motifs is 4. The number of benzene rings is 3. The first-order valence-electron chi connectivity index (χ1n) is 29.3. The molecule has 2 amide bonds. The van der Waals surface area contributed by atoms with Crippen LogP contribution < -0.4 is 25.2 Å². The number of thiazole rings is 1. The highest BCUT2D eigenvalue weighted by Crippen LogP contribution is 2.41. The van der Waals surface area contributed by atoms with Crippen molar-refractivity contribution in [1.29, 1.82) is 0 Å². The van der Waals surface area contributed by atoms with E-state index in [0.717, 1.165) is 92.8 Å². The summed E-state index contributed by atoms with van der Waals surface area (Å²) < 4.78 is 44.4. The monoisotopic (exact) mass is 1150 g/mol. The Kier molecular flexibility index (Phi) is 16.1. The summed E-state index contributed by atoms with van der Waals surface area (Å²) in [4.78, 5) is 56.2. The van der Waals surface area contributed by atoms with Crippen LogP contribution in [0.5, 0.6) is 11.8 Å². The molecule has 12 rings (SSSR count). The summed E-state index contributed by atoms with van der Waals surface area (Å²) in [5.74, 6) is 2.38. The van der Waals surface area contributed by atoms with E-state index in [1.807, 2.05) is 63.5 Å². The van der Waals surface area contributed by atoms with Crippen LogP contribution in [0.2, 0.25) is 0 Å². The quantitative estimate of drug-likeness (QED) is 0.0668. The van der Waals surface area contributed by atoms with Gasteiger partial charge in [-0.1, -0.05) is 55.3 Å². The molecule has 7 aromatic rings. The molecular weight excluding hydrogens is 1080 g/mol. The summed E-state index contributed by atoms with van der Waals surface area (Å²) in [5.41, 5.74) is 4.82. The van der Waals surface area contributed by atoms with E-state index in [9.17, 15) is 19.8 Å². The summed E-state index contributed by atoms with van der Waals surface area (Å²) >= 11 is 1.59. The molecule has 5 aliphatic heterocycles. The highest BCUT2D eigenvalue weighted by Gasteiger charge is 2.44. The zero-order valence-electron chi connectivity index (χ0n) is 47.4. The van der Waals surface area contributed by atoms with E-state index >= 15 is 8.78 Å². The van der Waals surface area contributed by atoms with Gasteiger partial charge < -0.3 is 44.8 Å². The molecule has 2 bridgehead atoms. The number of piperazine rings is 1. The Hall–Kier alpha value is -7.31. The number of carbonyl (C=O) groups excluding carboxylic acids is 2. The molecule has 17 nitrogen and oxygen atoms in total. The Morgan fingerprint density at radius 1 is 0.928 bits per heavy atom. The maximum Gasteiger partial charge on any atom is 0.319 e. The number of likely N-dealkylation sites (tertiary alicyclic amines) is 2. The third-order valence-corrected chi connectivity index (χ3v) is 18.9. The first kappa shape index (κ1) is 56.2. The Morgan fingerprint density at radius 3 is 2.36 bits per heavy atom. The molecule has 4 aromatic heterocycles. The van der Waals surface area contributed by atoms with Gasteiger partial charge in [0.1, 0.15) is 47.2 Å². The predicted molar refractivity (Wildman–Crippen MR) is 315 cm³/mol. The number of phenolic OH excluding ortho intramolecular Hbond substituents is 1. The number of aliphatic hydroxyl groups is 1. The zero-order chi connectivity index (χ0) is 57.6. The summed E-state index contributed by atoms with van der Waals surface area (Å²) in [5, 5.41) is 33.9. The number of amides is 2. The molecule has 5 fully saturated rings. The molecule has 0 aliphatic carbocycles. The number of pyridine rings is 1. The average molecular weight is 1150 g/mol. The molecule has 83 heavy (non-hydrogen) atoms. The Labute approximate surface area is 485 Å². The molecule has 0 radical (unpaired) electrons. The van der Waals surface area contributed by atoms with Crippen LogP contribution >= 0.6 is 11.3 Å². The molecule has 5 saturated heterocycles. The first-order valence-corrected chi connectivity index (χ1v) is 30.2. The minimum Gasteiger partial charge on any atom is -0.508 e. The van der Waals surface area contributed by atoms with Crippen LogP contribution in [-0.2, 0) is 9.59 Å². The van der Waals surface area contributed by atoms with E-state index in [-0.39, 0.29) is 88.3 Å². The van der Waals surface area contributed by atoms with Crippen molar-refractivity contribution < 1.29 is 37.8 Å². The number of anilines is 2. The highest BCUT2D eigenvalue weighted by atomic mass is 32.1. The van der Waals surface area contributed by atoms with Gasteiger partial charge in [-0.15, -0.1) is 17.8 Å². The second-order valence-electron chi connectivity index (χ2n) is 23.8. The van der Waals surface area contributed by atoms with Crippen LogP contribution in [0.3, 0.4) is 0 Å². The number of aromatic hydroxyl groups is 1. The fraction of sp³-hybridized carbons (Fsp3) is 0.476. The summed E-state index contributed by atoms with van der Waals surface area (Å²) in [6.07, 6.45) is 14.1. The third kappa shape index (κ3) is 11.6. The predicted octanol–water partition coefficient (Wildman–Crippen LogP) is 9.15. The number of ether oxygens (including phenoxy) is 1. The number of nitrogens with one attached hydrogen (secondary N) is 2. The number of aryl methyl sites for hydroxylation is 1. The van der Waals surface area contributed by atoms with Crippen LogP contribution in [0.25, 0.3) is 43.4 Å².